The summed E-state index contributed by atoms with van der Waals surface area (Å²) >= 11 is 6.43. The lowest BCUT2D eigenvalue weighted by atomic mass is 10.2. The number of ether oxygens (including phenoxy) is 2. The van der Waals surface area contributed by atoms with Crippen molar-refractivity contribution in [1.82, 2.24) is 14.9 Å². The number of nitrogens with zero attached hydrogens (tertiary/aromatic N) is 3. The van der Waals surface area contributed by atoms with Crippen LogP contribution in [0.5, 0.6) is 11.5 Å². The predicted molar refractivity (Wildman–Crippen MR) is 130 cm³/mol. The van der Waals surface area contributed by atoms with Crippen molar-refractivity contribution in [2.24, 2.45) is 0 Å². The molecular weight excluding hydrogens is 444 g/mol. The van der Waals surface area contributed by atoms with Gasteiger partial charge in [-0.05, 0) is 31.3 Å². The van der Waals surface area contributed by atoms with Crippen molar-refractivity contribution in [3.05, 3.63) is 60.6 Å². The van der Waals surface area contributed by atoms with Gasteiger partial charge >= 0.3 is 0 Å². The van der Waals surface area contributed by atoms with E-state index in [1.165, 1.54) is 6.33 Å². The van der Waals surface area contributed by atoms with Gasteiger partial charge in [0.2, 0.25) is 0 Å². The zero-order valence-electron chi connectivity index (χ0n) is 18.4. The number of anilines is 2. The zero-order chi connectivity index (χ0) is 23.4. The molecule has 0 radical (unpaired) electrons. The number of aliphatic hydroxyl groups excluding tert-OH is 1. The van der Waals surface area contributed by atoms with Crippen LogP contribution in [0.4, 0.5) is 11.5 Å². The summed E-state index contributed by atoms with van der Waals surface area (Å²) in [7, 11) is 3.46. The fraction of sp³-hybridized carbons (Fsp3) is 0.250. The highest BCUT2D eigenvalue weighted by Crippen LogP contribution is 2.38. The number of likely N-dealkylation sites (N-methyl/N-ethyl adjacent to an activating group) is 1. The zero-order valence-corrected chi connectivity index (χ0v) is 19.2. The molecule has 9 heteroatoms. The first-order valence-corrected chi connectivity index (χ1v) is 10.7. The van der Waals surface area contributed by atoms with E-state index < -0.39 is 6.10 Å². The highest BCUT2D eigenvalue weighted by Gasteiger charge is 2.16. The number of rotatable bonds is 10. The van der Waals surface area contributed by atoms with Crippen LogP contribution in [-0.4, -0.2) is 59.9 Å². The topological polar surface area (TPSA) is 92.9 Å². The van der Waals surface area contributed by atoms with Gasteiger partial charge in [0.25, 0.3) is 0 Å². The number of aliphatic hydroxyl groups is 1. The third kappa shape index (κ3) is 5.03. The first-order valence-electron chi connectivity index (χ1n) is 10.4. The molecule has 2 aromatic carbocycles. The van der Waals surface area contributed by atoms with Crippen LogP contribution in [0.2, 0.25) is 5.02 Å². The van der Waals surface area contributed by atoms with E-state index in [1.807, 2.05) is 24.1 Å². The number of hydrogen-bond acceptors (Lipinski definition) is 8. The standard InChI is InChI=1S/C24H25ClN4O4/c1-4-8-29(2)12-16(30)13-33-21-11-19-17(10-20(21)31-3)24(27-14-26-19)28-22-18(25)6-5-15-7-9-32-23(15)22/h4-7,9-11,14,16,30H,1,8,12-13H2,2-3H3,(H,26,27,28). The molecule has 172 valence electrons. The van der Waals surface area contributed by atoms with Crippen LogP contribution < -0.4 is 14.8 Å². The summed E-state index contributed by atoms with van der Waals surface area (Å²) < 4.78 is 17.0. The van der Waals surface area contributed by atoms with Gasteiger partial charge in [-0.15, -0.1) is 6.58 Å². The first-order chi connectivity index (χ1) is 16.0. The van der Waals surface area contributed by atoms with Crippen LogP contribution >= 0.6 is 11.6 Å². The molecule has 0 bridgehead atoms. The highest BCUT2D eigenvalue weighted by atomic mass is 35.5. The summed E-state index contributed by atoms with van der Waals surface area (Å²) in [5.41, 5.74) is 1.89. The number of fused-ring (bicyclic) bond motifs is 2. The van der Waals surface area contributed by atoms with Crippen molar-refractivity contribution in [3.63, 3.8) is 0 Å². The third-order valence-corrected chi connectivity index (χ3v) is 5.44. The van der Waals surface area contributed by atoms with E-state index in [1.54, 1.807) is 37.6 Å². The van der Waals surface area contributed by atoms with E-state index in [9.17, 15) is 5.11 Å². The lowest BCUT2D eigenvalue weighted by Crippen LogP contribution is -2.33. The average Bonchev–Trinajstić information content (AvgIpc) is 3.28. The third-order valence-electron chi connectivity index (χ3n) is 5.13. The number of halogens is 1. The van der Waals surface area contributed by atoms with Gasteiger partial charge in [-0.3, -0.25) is 0 Å². The molecule has 8 nitrogen and oxygen atoms in total. The molecule has 4 aromatic rings. The summed E-state index contributed by atoms with van der Waals surface area (Å²) in [6.45, 7) is 4.94. The maximum absolute atomic E-state index is 10.3. The van der Waals surface area contributed by atoms with Crippen molar-refractivity contribution in [2.45, 2.75) is 6.10 Å². The van der Waals surface area contributed by atoms with E-state index in [0.717, 1.165) is 5.39 Å². The van der Waals surface area contributed by atoms with Crippen LogP contribution in [0.3, 0.4) is 0 Å². The van der Waals surface area contributed by atoms with Crippen molar-refractivity contribution >= 4 is 45.0 Å². The summed E-state index contributed by atoms with van der Waals surface area (Å²) in [5, 5.41) is 15.7. The highest BCUT2D eigenvalue weighted by molar-refractivity contribution is 6.35. The van der Waals surface area contributed by atoms with Gasteiger partial charge in [-0.1, -0.05) is 17.7 Å². The van der Waals surface area contributed by atoms with Crippen molar-refractivity contribution in [2.75, 3.05) is 39.2 Å². The second kappa shape index (κ2) is 10.1. The maximum Gasteiger partial charge on any atom is 0.163 e. The second-order valence-electron chi connectivity index (χ2n) is 7.60. The molecule has 0 aliphatic rings. The van der Waals surface area contributed by atoms with E-state index in [2.05, 4.69) is 21.9 Å². The van der Waals surface area contributed by atoms with E-state index in [-0.39, 0.29) is 6.61 Å². The molecule has 0 aliphatic heterocycles. The number of aromatic nitrogens is 2. The van der Waals surface area contributed by atoms with Gasteiger partial charge < -0.3 is 29.2 Å². The first kappa shape index (κ1) is 22.8. The minimum atomic E-state index is -0.672. The number of nitrogens with one attached hydrogen (secondary N) is 1. The molecular formula is C24H25ClN4O4. The molecule has 2 N–H and O–H groups in total. The smallest absolute Gasteiger partial charge is 0.163 e. The number of hydrogen-bond donors (Lipinski definition) is 2. The quantitative estimate of drug-likeness (QED) is 0.325. The second-order valence-corrected chi connectivity index (χ2v) is 8.01. The molecule has 1 atom stereocenters. The Morgan fingerprint density at radius 3 is 2.91 bits per heavy atom. The fourth-order valence-electron chi connectivity index (χ4n) is 3.57. The Morgan fingerprint density at radius 1 is 1.27 bits per heavy atom. The van der Waals surface area contributed by atoms with Crippen LogP contribution in [0, 0.1) is 0 Å². The monoisotopic (exact) mass is 468 g/mol. The minimum Gasteiger partial charge on any atom is -0.493 e. The Hall–Kier alpha value is -3.33. The van der Waals surface area contributed by atoms with Gasteiger partial charge in [0.1, 0.15) is 30.5 Å². The summed E-state index contributed by atoms with van der Waals surface area (Å²) in [5.74, 6) is 1.52. The Labute approximate surface area is 196 Å². The lowest BCUT2D eigenvalue weighted by molar-refractivity contribution is 0.0784. The van der Waals surface area contributed by atoms with Gasteiger partial charge in [0.15, 0.2) is 17.1 Å². The van der Waals surface area contributed by atoms with Crippen LogP contribution in [0.1, 0.15) is 0 Å². The summed E-state index contributed by atoms with van der Waals surface area (Å²) in [6, 6.07) is 9.11. The summed E-state index contributed by atoms with van der Waals surface area (Å²) in [6.07, 6.45) is 4.18. The summed E-state index contributed by atoms with van der Waals surface area (Å²) in [4.78, 5) is 10.7. The average molecular weight is 469 g/mol. The van der Waals surface area contributed by atoms with Gasteiger partial charge in [0, 0.05) is 29.9 Å². The molecule has 33 heavy (non-hydrogen) atoms. The largest absolute Gasteiger partial charge is 0.493 e. The van der Waals surface area contributed by atoms with Crippen LogP contribution in [0.15, 0.2) is 60.0 Å². The molecule has 0 aliphatic carbocycles. The SMILES string of the molecule is C=CCN(C)CC(O)COc1cc2ncnc(Nc3c(Cl)ccc4ccoc34)c2cc1OC. The lowest BCUT2D eigenvalue weighted by Gasteiger charge is -2.20. The molecule has 2 heterocycles. The van der Waals surface area contributed by atoms with Crippen molar-refractivity contribution in [1.29, 1.82) is 0 Å². The fourth-order valence-corrected chi connectivity index (χ4v) is 3.77. The number of benzene rings is 2. The Balaban J connectivity index is 1.61. The van der Waals surface area contributed by atoms with Gasteiger partial charge in [0.05, 0.1) is 23.9 Å². The van der Waals surface area contributed by atoms with Crippen molar-refractivity contribution in [3.8, 4) is 11.5 Å². The molecule has 1 unspecified atom stereocenters. The molecule has 4 rings (SSSR count). The molecule has 0 spiro atoms. The number of methoxy groups -OCH3 is 1. The maximum atomic E-state index is 10.3. The Morgan fingerprint density at radius 2 is 2.12 bits per heavy atom. The van der Waals surface area contributed by atoms with E-state index in [4.69, 9.17) is 25.5 Å². The molecule has 0 saturated heterocycles. The Kier molecular flexibility index (Phi) is 6.98. The van der Waals surface area contributed by atoms with Crippen LogP contribution in [0.25, 0.3) is 21.9 Å². The molecule has 0 amide bonds. The normalized spacial score (nSPS) is 12.3. The van der Waals surface area contributed by atoms with E-state index >= 15 is 0 Å². The molecule has 0 saturated carbocycles. The molecule has 2 aromatic heterocycles. The van der Waals surface area contributed by atoms with Crippen molar-refractivity contribution < 1.29 is 19.0 Å². The van der Waals surface area contributed by atoms with Gasteiger partial charge in [-0.25, -0.2) is 9.97 Å². The van der Waals surface area contributed by atoms with Crippen LogP contribution in [-0.2, 0) is 0 Å². The Bertz CT molecular complexity index is 1280. The van der Waals surface area contributed by atoms with Gasteiger partial charge in [-0.2, -0.15) is 0 Å². The minimum absolute atomic E-state index is 0.107. The predicted octanol–water partition coefficient (Wildman–Crippen LogP) is 4.64. The van der Waals surface area contributed by atoms with E-state index in [0.29, 0.717) is 57.6 Å². The molecule has 0 fully saturated rings. The number of furan rings is 1.